The van der Waals surface area contributed by atoms with Gasteiger partial charge in [-0.1, -0.05) is 36.9 Å². The molecule has 33 heavy (non-hydrogen) atoms. The Morgan fingerprint density at radius 2 is 1.79 bits per heavy atom. The number of nitrogens with zero attached hydrogens (tertiary/aromatic N) is 1. The van der Waals surface area contributed by atoms with Gasteiger partial charge in [0, 0.05) is 17.7 Å². The molecule has 0 spiro atoms. The number of ether oxygens (including phenoxy) is 1. The number of nitriles is 1. The topological polar surface area (TPSA) is 67.2 Å². The van der Waals surface area contributed by atoms with Gasteiger partial charge >= 0.3 is 5.97 Å². The van der Waals surface area contributed by atoms with Gasteiger partial charge in [-0.3, -0.25) is 9.59 Å². The highest BCUT2D eigenvalue weighted by Crippen LogP contribution is 2.66. The molecule has 5 rings (SSSR count). The minimum absolute atomic E-state index is 0.0673. The third kappa shape index (κ3) is 4.14. The highest BCUT2D eigenvalue weighted by Gasteiger charge is 2.61. The van der Waals surface area contributed by atoms with Crippen LogP contribution in [0.5, 0.6) is 0 Å². The van der Waals surface area contributed by atoms with Crippen molar-refractivity contribution >= 4 is 22.8 Å². The molecule has 1 aromatic rings. The summed E-state index contributed by atoms with van der Waals surface area (Å²) < 4.78 is 5.56. The van der Waals surface area contributed by atoms with E-state index in [0.717, 1.165) is 37.0 Å². The van der Waals surface area contributed by atoms with Gasteiger partial charge in [0.15, 0.2) is 5.12 Å². The molecule has 0 amide bonds. The summed E-state index contributed by atoms with van der Waals surface area (Å²) in [5.41, 5.74) is -0.0673. The number of carbonyl (C=O) groups is 2. The molecule has 0 aliphatic heterocycles. The van der Waals surface area contributed by atoms with Crippen LogP contribution >= 0.6 is 11.8 Å². The molecule has 4 nitrogen and oxygen atoms in total. The van der Waals surface area contributed by atoms with Crippen molar-refractivity contribution in [3.8, 4) is 6.07 Å². The summed E-state index contributed by atoms with van der Waals surface area (Å²) in [6, 6.07) is 12.4. The van der Waals surface area contributed by atoms with Crippen LogP contribution in [-0.4, -0.2) is 17.2 Å². The molecule has 4 saturated carbocycles. The summed E-state index contributed by atoms with van der Waals surface area (Å²) in [5.74, 6) is 2.69. The third-order valence-corrected chi connectivity index (χ3v) is 10.6. The van der Waals surface area contributed by atoms with Gasteiger partial charge in [0.25, 0.3) is 0 Å². The Morgan fingerprint density at radius 1 is 1.03 bits per heavy atom. The maximum absolute atomic E-state index is 13.5. The minimum atomic E-state index is -0.170. The molecule has 176 valence electrons. The Bertz CT molecular complexity index is 942. The molecule has 0 aromatic heterocycles. The summed E-state index contributed by atoms with van der Waals surface area (Å²) in [6.45, 7) is 3.84. The van der Waals surface area contributed by atoms with Gasteiger partial charge in [-0.15, -0.1) is 0 Å². The lowest BCUT2D eigenvalue weighted by Crippen LogP contribution is -2.49. The predicted octanol–water partition coefficient (Wildman–Crippen LogP) is 6.26. The van der Waals surface area contributed by atoms with E-state index in [1.54, 1.807) is 0 Å². The molecule has 1 aromatic carbocycles. The van der Waals surface area contributed by atoms with Crippen molar-refractivity contribution in [1.82, 2.24) is 0 Å². The summed E-state index contributed by atoms with van der Waals surface area (Å²) >= 11 is 1.34. The van der Waals surface area contributed by atoms with E-state index >= 15 is 0 Å². The first-order chi connectivity index (χ1) is 15.9. The van der Waals surface area contributed by atoms with E-state index < -0.39 is 0 Å². The fraction of sp³-hybridized carbons (Fsp3) is 0.679. The molecule has 4 unspecified atom stereocenters. The number of hydrogen-bond acceptors (Lipinski definition) is 5. The zero-order valence-electron chi connectivity index (χ0n) is 19.7. The van der Waals surface area contributed by atoms with Crippen LogP contribution in [0.4, 0.5) is 0 Å². The van der Waals surface area contributed by atoms with Crippen molar-refractivity contribution in [2.75, 3.05) is 0 Å². The van der Waals surface area contributed by atoms with Crippen molar-refractivity contribution in [2.24, 2.45) is 46.8 Å². The van der Waals surface area contributed by atoms with Crippen LogP contribution in [0.25, 0.3) is 0 Å². The van der Waals surface area contributed by atoms with Crippen LogP contribution in [0.3, 0.4) is 0 Å². The molecule has 5 heteroatoms. The molecular weight excluding hydrogens is 430 g/mol. The Balaban J connectivity index is 1.33. The number of benzene rings is 1. The zero-order chi connectivity index (χ0) is 23.2. The second-order valence-corrected chi connectivity index (χ2v) is 12.3. The highest BCUT2D eigenvalue weighted by atomic mass is 32.2. The number of rotatable bonds is 3. The maximum Gasteiger partial charge on any atom is 0.302 e. The van der Waals surface area contributed by atoms with Crippen molar-refractivity contribution in [1.29, 1.82) is 5.26 Å². The Morgan fingerprint density at radius 3 is 2.52 bits per heavy atom. The molecule has 4 aliphatic rings. The van der Waals surface area contributed by atoms with Gasteiger partial charge < -0.3 is 4.74 Å². The largest absolute Gasteiger partial charge is 0.463 e. The minimum Gasteiger partial charge on any atom is -0.463 e. The van der Waals surface area contributed by atoms with Gasteiger partial charge in [-0.25, -0.2) is 0 Å². The van der Waals surface area contributed by atoms with Gasteiger partial charge in [0.1, 0.15) is 6.10 Å². The monoisotopic (exact) mass is 465 g/mol. The number of thioether (sulfide) groups is 1. The van der Waals surface area contributed by atoms with E-state index in [1.165, 1.54) is 37.9 Å². The first kappa shape index (κ1) is 23.0. The summed E-state index contributed by atoms with van der Waals surface area (Å²) in [4.78, 5) is 25.9. The summed E-state index contributed by atoms with van der Waals surface area (Å²) in [7, 11) is 0. The number of fused-ring (bicyclic) bond motifs is 5. The number of carbonyl (C=O) groups excluding carboxylic acids is 2. The average Bonchev–Trinajstić information content (AvgIpc) is 3.11. The van der Waals surface area contributed by atoms with Crippen molar-refractivity contribution in [3.05, 3.63) is 30.3 Å². The Labute approximate surface area is 201 Å². The van der Waals surface area contributed by atoms with Crippen LogP contribution in [-0.2, 0) is 14.3 Å². The molecule has 4 fully saturated rings. The van der Waals surface area contributed by atoms with Crippen molar-refractivity contribution < 1.29 is 14.3 Å². The van der Waals surface area contributed by atoms with Gasteiger partial charge in [0.05, 0.1) is 12.0 Å². The normalized spacial score (nSPS) is 41.7. The first-order valence-corrected chi connectivity index (χ1v) is 13.6. The molecular formula is C28H35NO3S. The molecule has 0 saturated heterocycles. The SMILES string of the molecule is CC(=O)OC1CC[C@@H]2C3CC[C@@]4(C)C(C[C@@H](C#N)[C@@H]4C(=O)Sc4ccccc4)C3CC[C@H]2C1. The van der Waals surface area contributed by atoms with Crippen LogP contribution < -0.4 is 0 Å². The predicted molar refractivity (Wildman–Crippen MR) is 128 cm³/mol. The molecule has 0 N–H and O–H groups in total. The summed E-state index contributed by atoms with van der Waals surface area (Å²) in [6.07, 6.45) is 8.77. The van der Waals surface area contributed by atoms with E-state index in [0.29, 0.717) is 29.6 Å². The second kappa shape index (κ2) is 9.10. The standard InChI is InChI=1S/C28H35NO3S/c1-17(30)32-20-9-11-22-18(14-20)8-10-24-23(22)12-13-28(2)25(24)15-19(16-29)26(28)27(31)33-21-6-4-3-5-7-21/h3-7,18-20,22-26H,8-15H2,1-2H3/t18-,19-,20?,22-,23?,24?,25?,26+,28-/m0/s1. The number of esters is 1. The maximum atomic E-state index is 13.5. The van der Waals surface area contributed by atoms with Crippen molar-refractivity contribution in [3.63, 3.8) is 0 Å². The zero-order valence-corrected chi connectivity index (χ0v) is 20.6. The van der Waals surface area contributed by atoms with E-state index in [-0.39, 0.29) is 34.4 Å². The van der Waals surface area contributed by atoms with Crippen LogP contribution in [0, 0.1) is 58.2 Å². The lowest BCUT2D eigenvalue weighted by atomic mass is 9.49. The second-order valence-electron chi connectivity index (χ2n) is 11.2. The fourth-order valence-electron chi connectivity index (χ4n) is 8.43. The van der Waals surface area contributed by atoms with Crippen LogP contribution in [0.15, 0.2) is 35.2 Å². The van der Waals surface area contributed by atoms with E-state index in [1.807, 2.05) is 30.3 Å². The van der Waals surface area contributed by atoms with E-state index in [4.69, 9.17) is 4.74 Å². The van der Waals surface area contributed by atoms with Gasteiger partial charge in [-0.2, -0.15) is 5.26 Å². The van der Waals surface area contributed by atoms with E-state index in [2.05, 4.69) is 13.0 Å². The Kier molecular flexibility index (Phi) is 6.33. The summed E-state index contributed by atoms with van der Waals surface area (Å²) in [5, 5.41) is 10.2. The Hall–Kier alpha value is -1.80. The first-order valence-electron chi connectivity index (χ1n) is 12.7. The van der Waals surface area contributed by atoms with Crippen LogP contribution in [0.2, 0.25) is 0 Å². The average molecular weight is 466 g/mol. The lowest BCUT2D eigenvalue weighted by Gasteiger charge is -2.56. The smallest absolute Gasteiger partial charge is 0.302 e. The third-order valence-electron chi connectivity index (χ3n) is 9.68. The van der Waals surface area contributed by atoms with Crippen molar-refractivity contribution in [2.45, 2.75) is 76.2 Å². The molecule has 4 aliphatic carbocycles. The van der Waals surface area contributed by atoms with Crippen LogP contribution in [0.1, 0.15) is 65.2 Å². The molecule has 0 radical (unpaired) electrons. The molecule has 0 heterocycles. The molecule has 0 bridgehead atoms. The fourth-order valence-corrected chi connectivity index (χ4v) is 9.51. The number of hydrogen-bond donors (Lipinski definition) is 0. The highest BCUT2D eigenvalue weighted by molar-refractivity contribution is 8.13. The van der Waals surface area contributed by atoms with Gasteiger partial charge in [-0.05, 0) is 98.5 Å². The lowest BCUT2D eigenvalue weighted by molar-refractivity contribution is -0.152. The van der Waals surface area contributed by atoms with E-state index in [9.17, 15) is 14.9 Å². The quantitative estimate of drug-likeness (QED) is 0.389. The van der Waals surface area contributed by atoms with Gasteiger partial charge in [0.2, 0.25) is 0 Å². The molecule has 9 atom stereocenters.